The summed E-state index contributed by atoms with van der Waals surface area (Å²) in [4.78, 5) is 14.4. The third kappa shape index (κ3) is 3.47. The number of piperidine rings is 1. The van der Waals surface area contributed by atoms with Crippen LogP contribution in [0.25, 0.3) is 0 Å². The van der Waals surface area contributed by atoms with Crippen LogP contribution >= 0.6 is 0 Å². The Morgan fingerprint density at radius 2 is 2.19 bits per heavy atom. The predicted molar refractivity (Wildman–Crippen MR) is 79.9 cm³/mol. The molecule has 1 atom stereocenters. The summed E-state index contributed by atoms with van der Waals surface area (Å²) in [6, 6.07) is 5.13. The van der Waals surface area contributed by atoms with Crippen molar-refractivity contribution in [3.05, 3.63) is 23.8 Å². The number of ether oxygens (including phenoxy) is 2. The van der Waals surface area contributed by atoms with Crippen LogP contribution in [0.5, 0.6) is 11.5 Å². The zero-order valence-corrected chi connectivity index (χ0v) is 12.7. The van der Waals surface area contributed by atoms with Crippen LogP contribution in [0.15, 0.2) is 18.2 Å². The number of benzene rings is 1. The SMILES string of the molecule is CCOc1cc(C(=O)N2CCCCC2CO)ccc1OC. The van der Waals surface area contributed by atoms with Crippen LogP contribution in [-0.4, -0.2) is 48.8 Å². The molecule has 1 unspecified atom stereocenters. The maximum atomic E-state index is 12.6. The van der Waals surface area contributed by atoms with E-state index in [0.717, 1.165) is 19.3 Å². The average molecular weight is 293 g/mol. The highest BCUT2D eigenvalue weighted by molar-refractivity contribution is 5.95. The van der Waals surface area contributed by atoms with Gasteiger partial charge in [-0.15, -0.1) is 0 Å². The van der Waals surface area contributed by atoms with Gasteiger partial charge in [-0.3, -0.25) is 4.79 Å². The number of likely N-dealkylation sites (tertiary alicyclic amines) is 1. The largest absolute Gasteiger partial charge is 0.493 e. The molecule has 1 N–H and O–H groups in total. The summed E-state index contributed by atoms with van der Waals surface area (Å²) in [5.74, 6) is 1.13. The minimum absolute atomic E-state index is 0.0141. The van der Waals surface area contributed by atoms with Crippen molar-refractivity contribution >= 4 is 5.91 Å². The van der Waals surface area contributed by atoms with Gasteiger partial charge in [0.05, 0.1) is 26.4 Å². The first-order valence-electron chi connectivity index (χ1n) is 7.44. The van der Waals surface area contributed by atoms with Gasteiger partial charge >= 0.3 is 0 Å². The maximum Gasteiger partial charge on any atom is 0.254 e. The average Bonchev–Trinajstić information content (AvgIpc) is 2.54. The molecule has 1 aliphatic heterocycles. The Morgan fingerprint density at radius 3 is 2.86 bits per heavy atom. The maximum absolute atomic E-state index is 12.6. The van der Waals surface area contributed by atoms with Crippen LogP contribution in [-0.2, 0) is 0 Å². The van der Waals surface area contributed by atoms with Gasteiger partial charge in [-0.25, -0.2) is 0 Å². The molecule has 1 aromatic rings. The van der Waals surface area contributed by atoms with Crippen LogP contribution in [0.1, 0.15) is 36.5 Å². The molecule has 0 saturated carbocycles. The summed E-state index contributed by atoms with van der Waals surface area (Å²) in [7, 11) is 1.58. The molecule has 1 heterocycles. The number of hydrogen-bond acceptors (Lipinski definition) is 4. The van der Waals surface area contributed by atoms with Gasteiger partial charge in [-0.05, 0) is 44.4 Å². The lowest BCUT2D eigenvalue weighted by molar-refractivity contribution is 0.0502. The molecule has 0 spiro atoms. The Morgan fingerprint density at radius 1 is 1.38 bits per heavy atom. The van der Waals surface area contributed by atoms with Crippen molar-refractivity contribution < 1.29 is 19.4 Å². The molecule has 5 nitrogen and oxygen atoms in total. The summed E-state index contributed by atoms with van der Waals surface area (Å²) in [6.45, 7) is 3.11. The Hall–Kier alpha value is -1.75. The van der Waals surface area contributed by atoms with Gasteiger partial charge in [-0.1, -0.05) is 0 Å². The van der Waals surface area contributed by atoms with Crippen LogP contribution < -0.4 is 9.47 Å². The highest BCUT2D eigenvalue weighted by Gasteiger charge is 2.27. The first-order valence-corrected chi connectivity index (χ1v) is 7.44. The van der Waals surface area contributed by atoms with Crippen LogP contribution in [0.2, 0.25) is 0 Å². The van der Waals surface area contributed by atoms with Crippen LogP contribution in [0.3, 0.4) is 0 Å². The topological polar surface area (TPSA) is 59.0 Å². The standard InChI is InChI=1S/C16H23NO4/c1-3-21-15-10-12(7-8-14(15)20-2)16(19)17-9-5-4-6-13(17)11-18/h7-8,10,13,18H,3-6,9,11H2,1-2H3. The molecule has 1 aliphatic rings. The van der Waals surface area contributed by atoms with Crippen LogP contribution in [0, 0.1) is 0 Å². The van der Waals surface area contributed by atoms with E-state index in [0.29, 0.717) is 30.2 Å². The second-order valence-electron chi connectivity index (χ2n) is 5.13. The molecule has 1 aromatic carbocycles. The monoisotopic (exact) mass is 293 g/mol. The summed E-state index contributed by atoms with van der Waals surface area (Å²) >= 11 is 0. The van der Waals surface area contributed by atoms with Crippen molar-refractivity contribution in [1.29, 1.82) is 0 Å². The van der Waals surface area contributed by atoms with E-state index >= 15 is 0 Å². The molecule has 21 heavy (non-hydrogen) atoms. The van der Waals surface area contributed by atoms with Crippen LogP contribution in [0.4, 0.5) is 0 Å². The quantitative estimate of drug-likeness (QED) is 0.903. The smallest absolute Gasteiger partial charge is 0.254 e. The van der Waals surface area contributed by atoms with Gasteiger partial charge in [0.15, 0.2) is 11.5 Å². The molecular formula is C16H23NO4. The van der Waals surface area contributed by atoms with E-state index in [1.165, 1.54) is 0 Å². The molecule has 1 saturated heterocycles. The normalized spacial score (nSPS) is 18.4. The second-order valence-corrected chi connectivity index (χ2v) is 5.13. The zero-order chi connectivity index (χ0) is 15.2. The zero-order valence-electron chi connectivity index (χ0n) is 12.7. The van der Waals surface area contributed by atoms with Gasteiger partial charge in [0.2, 0.25) is 0 Å². The number of carbonyl (C=O) groups excluding carboxylic acids is 1. The van der Waals surface area contributed by atoms with E-state index in [4.69, 9.17) is 9.47 Å². The number of rotatable bonds is 5. The fourth-order valence-electron chi connectivity index (χ4n) is 2.70. The molecule has 0 radical (unpaired) electrons. The number of aliphatic hydroxyl groups is 1. The molecule has 0 aliphatic carbocycles. The van der Waals surface area contributed by atoms with Gasteiger partial charge in [0.25, 0.3) is 5.91 Å². The Balaban J connectivity index is 2.23. The molecule has 1 amide bonds. The van der Waals surface area contributed by atoms with Crippen molar-refractivity contribution in [3.63, 3.8) is 0 Å². The third-order valence-electron chi connectivity index (χ3n) is 3.81. The molecule has 0 bridgehead atoms. The molecule has 116 valence electrons. The van der Waals surface area contributed by atoms with E-state index in [1.54, 1.807) is 30.2 Å². The number of hydrogen-bond donors (Lipinski definition) is 1. The summed E-state index contributed by atoms with van der Waals surface area (Å²) in [5, 5.41) is 9.44. The van der Waals surface area contributed by atoms with E-state index < -0.39 is 0 Å². The minimum Gasteiger partial charge on any atom is -0.493 e. The first-order chi connectivity index (χ1) is 10.2. The Labute approximate surface area is 125 Å². The van der Waals surface area contributed by atoms with Gasteiger partial charge < -0.3 is 19.5 Å². The van der Waals surface area contributed by atoms with Gasteiger partial charge in [0, 0.05) is 12.1 Å². The van der Waals surface area contributed by atoms with Crippen molar-refractivity contribution in [2.24, 2.45) is 0 Å². The van der Waals surface area contributed by atoms with Gasteiger partial charge in [-0.2, -0.15) is 0 Å². The Bertz CT molecular complexity index is 489. The highest BCUT2D eigenvalue weighted by atomic mass is 16.5. The summed E-state index contributed by atoms with van der Waals surface area (Å²) in [6.07, 6.45) is 2.90. The molecular weight excluding hydrogens is 270 g/mol. The highest BCUT2D eigenvalue weighted by Crippen LogP contribution is 2.29. The lowest BCUT2D eigenvalue weighted by Gasteiger charge is -2.34. The lowest BCUT2D eigenvalue weighted by Crippen LogP contribution is -2.45. The fourth-order valence-corrected chi connectivity index (χ4v) is 2.70. The lowest BCUT2D eigenvalue weighted by atomic mass is 10.0. The van der Waals surface area contributed by atoms with E-state index in [2.05, 4.69) is 0 Å². The van der Waals surface area contributed by atoms with E-state index in [9.17, 15) is 9.90 Å². The molecule has 1 fully saturated rings. The predicted octanol–water partition coefficient (Wildman–Crippen LogP) is 2.08. The summed E-state index contributed by atoms with van der Waals surface area (Å²) in [5.41, 5.74) is 0.569. The number of amides is 1. The first kappa shape index (κ1) is 15.6. The van der Waals surface area contributed by atoms with Crippen molar-refractivity contribution in [2.75, 3.05) is 26.9 Å². The van der Waals surface area contributed by atoms with E-state index in [1.807, 2.05) is 6.92 Å². The van der Waals surface area contributed by atoms with Crippen molar-refractivity contribution in [2.45, 2.75) is 32.2 Å². The third-order valence-corrected chi connectivity index (χ3v) is 3.81. The van der Waals surface area contributed by atoms with E-state index in [-0.39, 0.29) is 18.6 Å². The van der Waals surface area contributed by atoms with Crippen molar-refractivity contribution in [1.82, 2.24) is 4.90 Å². The number of nitrogens with zero attached hydrogens (tertiary/aromatic N) is 1. The number of aliphatic hydroxyl groups excluding tert-OH is 1. The number of methoxy groups -OCH3 is 1. The second kappa shape index (κ2) is 7.31. The minimum atomic E-state index is -0.0797. The summed E-state index contributed by atoms with van der Waals surface area (Å²) < 4.78 is 10.7. The van der Waals surface area contributed by atoms with Crippen molar-refractivity contribution in [3.8, 4) is 11.5 Å². The fraction of sp³-hybridized carbons (Fsp3) is 0.562. The molecule has 2 rings (SSSR count). The number of carbonyl (C=O) groups is 1. The van der Waals surface area contributed by atoms with Gasteiger partial charge in [0.1, 0.15) is 0 Å². The molecule has 0 aromatic heterocycles. The molecule has 5 heteroatoms. The Kier molecular flexibility index (Phi) is 5.44.